The summed E-state index contributed by atoms with van der Waals surface area (Å²) in [6, 6.07) is 22.2. The van der Waals surface area contributed by atoms with Crippen molar-refractivity contribution in [3.63, 3.8) is 0 Å². The molecule has 0 spiro atoms. The Labute approximate surface area is 234 Å². The van der Waals surface area contributed by atoms with Gasteiger partial charge in [0.15, 0.2) is 0 Å². The molecule has 1 saturated heterocycles. The smallest absolute Gasteiger partial charge is 0.254 e. The lowest BCUT2D eigenvalue weighted by Crippen LogP contribution is -2.45. The van der Waals surface area contributed by atoms with Gasteiger partial charge in [0.1, 0.15) is 18.0 Å². The number of nitrogens with zero attached hydrogens (tertiary/aromatic N) is 4. The lowest BCUT2D eigenvalue weighted by molar-refractivity contribution is 0.0708. The Morgan fingerprint density at radius 3 is 2.70 bits per heavy atom. The molecule has 1 atom stereocenters. The fourth-order valence-electron chi connectivity index (χ4n) is 5.67. The van der Waals surface area contributed by atoms with E-state index in [1.54, 1.807) is 0 Å². The van der Waals surface area contributed by atoms with Crippen LogP contribution in [0.15, 0.2) is 71.7 Å². The average molecular weight is 538 g/mol. The van der Waals surface area contributed by atoms with Gasteiger partial charge in [-0.05, 0) is 48.2 Å². The number of amides is 1. The van der Waals surface area contributed by atoms with Crippen LogP contribution in [0.3, 0.4) is 0 Å². The molecule has 0 saturated carbocycles. The van der Waals surface area contributed by atoms with Crippen molar-refractivity contribution < 1.29 is 14.6 Å². The van der Waals surface area contributed by atoms with Crippen LogP contribution in [-0.4, -0.2) is 66.0 Å². The predicted octanol–water partition coefficient (Wildman–Crippen LogP) is 4.32. The zero-order chi connectivity index (χ0) is 27.6. The van der Waals surface area contributed by atoms with Gasteiger partial charge in [0, 0.05) is 49.2 Å². The van der Waals surface area contributed by atoms with E-state index in [-0.39, 0.29) is 18.6 Å². The molecule has 1 amide bonds. The second-order valence-corrected chi connectivity index (χ2v) is 10.7. The largest absolute Gasteiger partial charge is 0.489 e. The Kier molecular flexibility index (Phi) is 7.28. The summed E-state index contributed by atoms with van der Waals surface area (Å²) in [6.07, 6.45) is 3.73. The number of likely N-dealkylation sites (N-methyl/N-ethyl adjacent to an activating group) is 1. The third-order valence-corrected chi connectivity index (χ3v) is 7.84. The molecule has 2 aliphatic heterocycles. The Morgan fingerprint density at radius 2 is 1.90 bits per heavy atom. The van der Waals surface area contributed by atoms with Crippen LogP contribution in [0.4, 0.5) is 11.4 Å². The van der Waals surface area contributed by atoms with Crippen molar-refractivity contribution in [2.24, 2.45) is 10.7 Å². The number of ether oxygens (including phenoxy) is 1. The van der Waals surface area contributed by atoms with Crippen LogP contribution in [0.1, 0.15) is 40.0 Å². The number of aliphatic imine (C=N–C) groups is 1. The maximum absolute atomic E-state index is 13.5. The number of carbonyl (C=O) groups is 1. The molecule has 2 aliphatic rings. The number of nitrogens with two attached hydrogens (primary N) is 1. The fraction of sp³-hybridized carbons (Fsp3) is 0.312. The molecule has 0 aliphatic carbocycles. The minimum absolute atomic E-state index is 0.0111. The number of anilines is 1. The fourth-order valence-corrected chi connectivity index (χ4v) is 5.67. The average Bonchev–Trinajstić information content (AvgIpc) is 3.32. The number of aliphatic hydroxyl groups excluding tert-OH is 1. The van der Waals surface area contributed by atoms with E-state index in [1.165, 1.54) is 0 Å². The molecular formula is C32H35N5O3. The van der Waals surface area contributed by atoms with E-state index >= 15 is 0 Å². The van der Waals surface area contributed by atoms with E-state index in [1.807, 2.05) is 66.7 Å². The summed E-state index contributed by atoms with van der Waals surface area (Å²) in [5, 5.41) is 10.6. The van der Waals surface area contributed by atoms with Crippen molar-refractivity contribution in [2.75, 3.05) is 38.2 Å². The molecule has 8 heteroatoms. The summed E-state index contributed by atoms with van der Waals surface area (Å²) in [5.74, 6) is 0.643. The second kappa shape index (κ2) is 11.2. The van der Waals surface area contributed by atoms with E-state index in [2.05, 4.69) is 27.7 Å². The standard InChI is InChI=1S/C32H35N5O3/c1-35-13-14-40-30-17-25(32(39)36-12-4-6-26(33)20-36)16-28(31(30)35)34-18-27-15-24-5-2-3-7-29(24)37(27)19-22-8-10-23(21-38)11-9-22/h2-3,5,7-11,15-18,26,38H,4,6,12-14,19-21,33H2,1H3. The lowest BCUT2D eigenvalue weighted by atomic mass is 10.0. The summed E-state index contributed by atoms with van der Waals surface area (Å²) in [6.45, 7) is 3.27. The highest BCUT2D eigenvalue weighted by Crippen LogP contribution is 2.41. The monoisotopic (exact) mass is 537 g/mol. The third kappa shape index (κ3) is 5.20. The summed E-state index contributed by atoms with van der Waals surface area (Å²) >= 11 is 0. The minimum Gasteiger partial charge on any atom is -0.489 e. The highest BCUT2D eigenvalue weighted by atomic mass is 16.5. The SMILES string of the molecule is CN1CCOc2cc(C(=O)N3CCCC(N)C3)cc(N=Cc3cc4ccccc4n3Cc3ccc(CO)cc3)c21. The van der Waals surface area contributed by atoms with Crippen molar-refractivity contribution in [3.05, 3.63) is 89.1 Å². The van der Waals surface area contributed by atoms with Gasteiger partial charge >= 0.3 is 0 Å². The molecule has 4 aromatic rings. The number of likely N-dealkylation sites (tertiary alicyclic amines) is 1. The van der Waals surface area contributed by atoms with E-state index in [0.717, 1.165) is 52.8 Å². The number of aliphatic hydroxyl groups is 1. The van der Waals surface area contributed by atoms with Crippen LogP contribution in [0.25, 0.3) is 10.9 Å². The van der Waals surface area contributed by atoms with Crippen molar-refractivity contribution >= 4 is 34.4 Å². The number of fused-ring (bicyclic) bond motifs is 2. The van der Waals surface area contributed by atoms with Gasteiger partial charge in [0.25, 0.3) is 5.91 Å². The summed E-state index contributed by atoms with van der Waals surface area (Å²) in [4.78, 5) is 22.4. The molecule has 6 rings (SSSR count). The summed E-state index contributed by atoms with van der Waals surface area (Å²) in [7, 11) is 2.03. The van der Waals surface area contributed by atoms with Gasteiger partial charge in [-0.1, -0.05) is 42.5 Å². The molecule has 3 N–H and O–H groups in total. The molecule has 8 nitrogen and oxygen atoms in total. The summed E-state index contributed by atoms with van der Waals surface area (Å²) in [5.41, 5.74) is 12.4. The van der Waals surface area contributed by atoms with Crippen molar-refractivity contribution in [1.29, 1.82) is 0 Å². The number of carbonyl (C=O) groups excluding carboxylic acids is 1. The van der Waals surface area contributed by atoms with Crippen molar-refractivity contribution in [3.8, 4) is 5.75 Å². The van der Waals surface area contributed by atoms with E-state index in [4.69, 9.17) is 15.5 Å². The molecule has 3 aromatic carbocycles. The third-order valence-electron chi connectivity index (χ3n) is 7.84. The van der Waals surface area contributed by atoms with Gasteiger partial charge in [-0.25, -0.2) is 0 Å². The second-order valence-electron chi connectivity index (χ2n) is 10.7. The zero-order valence-corrected chi connectivity index (χ0v) is 22.8. The van der Waals surface area contributed by atoms with E-state index in [0.29, 0.717) is 43.2 Å². The molecule has 40 heavy (non-hydrogen) atoms. The number of hydrogen-bond acceptors (Lipinski definition) is 6. The number of piperidine rings is 1. The highest BCUT2D eigenvalue weighted by molar-refractivity contribution is 5.99. The Balaban J connectivity index is 1.39. The number of benzene rings is 3. The first kappa shape index (κ1) is 26.1. The van der Waals surface area contributed by atoms with E-state index in [9.17, 15) is 9.90 Å². The molecule has 1 unspecified atom stereocenters. The number of rotatable bonds is 6. The Morgan fingerprint density at radius 1 is 1.10 bits per heavy atom. The molecule has 3 heterocycles. The van der Waals surface area contributed by atoms with E-state index < -0.39 is 0 Å². The minimum atomic E-state index is -0.0355. The number of aromatic nitrogens is 1. The molecule has 206 valence electrons. The predicted molar refractivity (Wildman–Crippen MR) is 159 cm³/mol. The van der Waals surface area contributed by atoms with Gasteiger partial charge < -0.3 is 29.9 Å². The van der Waals surface area contributed by atoms with Gasteiger partial charge in [-0.3, -0.25) is 9.79 Å². The van der Waals surface area contributed by atoms with Crippen molar-refractivity contribution in [2.45, 2.75) is 32.0 Å². The van der Waals surface area contributed by atoms with Crippen molar-refractivity contribution in [1.82, 2.24) is 9.47 Å². The molecule has 1 aromatic heterocycles. The maximum atomic E-state index is 13.5. The molecule has 0 radical (unpaired) electrons. The molecule has 1 fully saturated rings. The number of hydrogen-bond donors (Lipinski definition) is 2. The van der Waals surface area contributed by atoms with Crippen LogP contribution in [0.5, 0.6) is 5.75 Å². The topological polar surface area (TPSA) is 96.3 Å². The normalized spacial score (nSPS) is 17.3. The van der Waals surface area contributed by atoms with Crippen LogP contribution >= 0.6 is 0 Å². The van der Waals surface area contributed by atoms with Crippen LogP contribution in [0, 0.1) is 0 Å². The molecule has 0 bridgehead atoms. The first-order valence-electron chi connectivity index (χ1n) is 13.9. The van der Waals surface area contributed by atoms with Gasteiger partial charge in [-0.15, -0.1) is 0 Å². The first-order chi connectivity index (χ1) is 19.5. The Hall–Kier alpha value is -4.14. The van der Waals surface area contributed by atoms with Crippen LogP contribution in [-0.2, 0) is 13.2 Å². The zero-order valence-electron chi connectivity index (χ0n) is 22.8. The first-order valence-corrected chi connectivity index (χ1v) is 13.9. The summed E-state index contributed by atoms with van der Waals surface area (Å²) < 4.78 is 8.26. The quantitative estimate of drug-likeness (QED) is 0.357. The number of para-hydroxylation sites is 1. The molecular weight excluding hydrogens is 502 g/mol. The van der Waals surface area contributed by atoms with Gasteiger partial charge in [0.05, 0.1) is 30.7 Å². The van der Waals surface area contributed by atoms with Crippen LogP contribution in [0.2, 0.25) is 0 Å². The van der Waals surface area contributed by atoms with Crippen LogP contribution < -0.4 is 15.4 Å². The van der Waals surface area contributed by atoms with Gasteiger partial charge in [-0.2, -0.15) is 0 Å². The lowest BCUT2D eigenvalue weighted by Gasteiger charge is -2.32. The Bertz CT molecular complexity index is 1560. The van der Waals surface area contributed by atoms with Gasteiger partial charge in [0.2, 0.25) is 0 Å². The highest BCUT2D eigenvalue weighted by Gasteiger charge is 2.26. The maximum Gasteiger partial charge on any atom is 0.254 e.